The van der Waals surface area contributed by atoms with Crippen LogP contribution in [0.25, 0.3) is 0 Å². The molecule has 1 amide bonds. The van der Waals surface area contributed by atoms with Gasteiger partial charge in [0.2, 0.25) is 6.41 Å². The summed E-state index contributed by atoms with van der Waals surface area (Å²) in [6.07, 6.45) is 0.625. The van der Waals surface area contributed by atoms with Gasteiger partial charge >= 0.3 is 0 Å². The summed E-state index contributed by atoms with van der Waals surface area (Å²) < 4.78 is 0. The fraction of sp³-hybridized carbons (Fsp3) is 0.333. The van der Waals surface area contributed by atoms with Crippen LogP contribution in [0.15, 0.2) is 0 Å². The summed E-state index contributed by atoms with van der Waals surface area (Å²) >= 11 is 0. The zero-order valence-electron chi connectivity index (χ0n) is 3.69. The van der Waals surface area contributed by atoms with E-state index in [1.807, 2.05) is 0 Å². The van der Waals surface area contributed by atoms with E-state index >= 15 is 0 Å². The van der Waals surface area contributed by atoms with Gasteiger partial charge in [0.15, 0.2) is 0 Å². The minimum Gasteiger partial charge on any atom is -0.362 e. The first-order valence-corrected chi connectivity index (χ1v) is 1.38. The number of nitrogens with one attached hydrogen (secondary N) is 2. The van der Waals surface area contributed by atoms with Gasteiger partial charge in [-0.3, -0.25) is 4.79 Å². The van der Waals surface area contributed by atoms with Crippen molar-refractivity contribution in [3.63, 3.8) is 0 Å². The van der Waals surface area contributed by atoms with Gasteiger partial charge in [-0.2, -0.15) is 0 Å². The van der Waals surface area contributed by atoms with E-state index in [1.54, 1.807) is 7.05 Å². The average Bonchev–Trinajstić information content (AvgIpc) is 1.72. The Bertz CT molecular complexity index is 30.0. The van der Waals surface area contributed by atoms with Gasteiger partial charge in [-0.25, -0.2) is 0 Å². The highest BCUT2D eigenvalue weighted by Gasteiger charge is 1.43. The first-order chi connectivity index (χ1) is 2.91. The third kappa shape index (κ3) is 734. The summed E-state index contributed by atoms with van der Waals surface area (Å²) in [5, 5.41) is 7.75. The molecule has 0 aromatic heterocycles. The van der Waals surface area contributed by atoms with Gasteiger partial charge in [-0.05, 0) is 6.72 Å². The third-order valence-corrected chi connectivity index (χ3v) is 0.118. The molecule has 0 saturated carbocycles. The maximum Gasteiger partial charge on any atom is 0.206 e. The van der Waals surface area contributed by atoms with E-state index < -0.39 is 0 Å². The van der Waals surface area contributed by atoms with Crippen molar-refractivity contribution in [1.29, 1.82) is 5.41 Å². The number of carbonyl (C=O) groups excluding carboxylic acids is 1. The molecule has 0 spiro atoms. The highest BCUT2D eigenvalue weighted by atomic mass is 16.1. The maximum absolute atomic E-state index is 9.06. The molecule has 0 aromatic carbocycles. The van der Waals surface area contributed by atoms with Crippen LogP contribution >= 0.6 is 0 Å². The highest BCUT2D eigenvalue weighted by Crippen LogP contribution is 1.09. The molecule has 0 atom stereocenters. The van der Waals surface area contributed by atoms with Crippen LogP contribution in [0.1, 0.15) is 0 Å². The van der Waals surface area contributed by atoms with Crippen LogP contribution in [0, 0.1) is 5.41 Å². The van der Waals surface area contributed by atoms with E-state index in [0.29, 0.717) is 6.41 Å². The second-order valence-corrected chi connectivity index (χ2v) is 0.407. The molecule has 0 rings (SSSR count). The van der Waals surface area contributed by atoms with Crippen LogP contribution in [0.5, 0.6) is 0 Å². The number of amides is 1. The normalized spacial score (nSPS) is 4.17. The fourth-order valence-electron chi connectivity index (χ4n) is 0. The van der Waals surface area contributed by atoms with Gasteiger partial charge in [0, 0.05) is 7.05 Å². The van der Waals surface area contributed by atoms with Crippen molar-refractivity contribution < 1.29 is 4.79 Å². The van der Waals surface area contributed by atoms with Crippen LogP contribution in [0.4, 0.5) is 0 Å². The Hall–Kier alpha value is -0.860. The second-order valence-electron chi connectivity index (χ2n) is 0.407. The van der Waals surface area contributed by atoms with E-state index in [4.69, 9.17) is 10.2 Å². The molecular weight excluding hydrogens is 80.0 g/mol. The quantitative estimate of drug-likeness (QED) is 0.333. The van der Waals surface area contributed by atoms with Gasteiger partial charge in [0.05, 0.1) is 0 Å². The molecular formula is C3H8N2O. The smallest absolute Gasteiger partial charge is 0.206 e. The van der Waals surface area contributed by atoms with Crippen molar-refractivity contribution in [2.24, 2.45) is 0 Å². The molecule has 0 fully saturated rings. The lowest BCUT2D eigenvalue weighted by Crippen LogP contribution is -1.98. The summed E-state index contributed by atoms with van der Waals surface area (Å²) in [5.74, 6) is 0. The lowest BCUT2D eigenvalue weighted by molar-refractivity contribution is -0.109. The highest BCUT2D eigenvalue weighted by molar-refractivity contribution is 5.44. The standard InChI is InChI=1S/C2H5NO.CH3N/c1-3-2-4;1-2/h2H,1H3,(H,3,4);2H,1H2. The number of hydrogen-bond donors (Lipinski definition) is 2. The Morgan fingerprint density at radius 1 is 1.83 bits per heavy atom. The molecule has 0 aliphatic rings. The van der Waals surface area contributed by atoms with Crippen LogP contribution in [0.3, 0.4) is 0 Å². The summed E-state index contributed by atoms with van der Waals surface area (Å²) in [6.45, 7) is 2.50. The van der Waals surface area contributed by atoms with Crippen LogP contribution in [-0.2, 0) is 4.79 Å². The molecule has 0 radical (unpaired) electrons. The zero-order valence-corrected chi connectivity index (χ0v) is 3.69. The first-order valence-electron chi connectivity index (χ1n) is 1.38. The van der Waals surface area contributed by atoms with Gasteiger partial charge in [-0.1, -0.05) is 0 Å². The van der Waals surface area contributed by atoms with Crippen molar-refractivity contribution in [1.82, 2.24) is 5.32 Å². The van der Waals surface area contributed by atoms with E-state index in [9.17, 15) is 0 Å². The van der Waals surface area contributed by atoms with Gasteiger partial charge in [-0.15, -0.1) is 0 Å². The van der Waals surface area contributed by atoms with Crippen molar-refractivity contribution >= 4 is 13.1 Å². The maximum atomic E-state index is 9.06. The van der Waals surface area contributed by atoms with E-state index in [1.165, 1.54) is 0 Å². The fourth-order valence-corrected chi connectivity index (χ4v) is 0. The van der Waals surface area contributed by atoms with E-state index in [2.05, 4.69) is 12.0 Å². The zero-order chi connectivity index (χ0) is 5.41. The molecule has 2 N–H and O–H groups in total. The molecule has 0 saturated heterocycles. The minimum atomic E-state index is 0.625. The number of hydrogen-bond acceptors (Lipinski definition) is 2. The van der Waals surface area contributed by atoms with Crippen molar-refractivity contribution in [3.8, 4) is 0 Å². The molecule has 6 heavy (non-hydrogen) atoms. The van der Waals surface area contributed by atoms with Crippen molar-refractivity contribution in [2.45, 2.75) is 0 Å². The molecule has 36 valence electrons. The average molecular weight is 88.1 g/mol. The Morgan fingerprint density at radius 3 is 2.00 bits per heavy atom. The van der Waals surface area contributed by atoms with Crippen LogP contribution in [-0.4, -0.2) is 20.2 Å². The molecule has 3 nitrogen and oxygen atoms in total. The van der Waals surface area contributed by atoms with Crippen molar-refractivity contribution in [3.05, 3.63) is 0 Å². The molecule has 0 bridgehead atoms. The molecule has 0 aliphatic heterocycles. The van der Waals surface area contributed by atoms with Gasteiger partial charge < -0.3 is 10.7 Å². The SMILES string of the molecule is C=N.CNC=O. The summed E-state index contributed by atoms with van der Waals surface area (Å²) in [4.78, 5) is 9.06. The van der Waals surface area contributed by atoms with E-state index in [0.717, 1.165) is 0 Å². The number of rotatable bonds is 1. The van der Waals surface area contributed by atoms with Crippen LogP contribution < -0.4 is 5.32 Å². The lowest BCUT2D eigenvalue weighted by atomic mass is 11.2. The molecule has 0 aromatic rings. The second kappa shape index (κ2) is 31.4. The Morgan fingerprint density at radius 2 is 2.00 bits per heavy atom. The predicted molar refractivity (Wildman–Crippen MR) is 25.0 cm³/mol. The first kappa shape index (κ1) is 8.94. The summed E-state index contributed by atoms with van der Waals surface area (Å²) in [5.41, 5.74) is 0. The summed E-state index contributed by atoms with van der Waals surface area (Å²) in [7, 11) is 1.56. The Kier molecular flexibility index (Phi) is 46.8. The number of carbonyl (C=O) groups is 1. The molecule has 0 unspecified atom stereocenters. The molecule has 0 heterocycles. The van der Waals surface area contributed by atoms with E-state index in [-0.39, 0.29) is 0 Å². The monoisotopic (exact) mass is 88.1 g/mol. The van der Waals surface area contributed by atoms with Gasteiger partial charge in [0.1, 0.15) is 0 Å². The van der Waals surface area contributed by atoms with Crippen molar-refractivity contribution in [2.75, 3.05) is 7.05 Å². The lowest BCUT2D eigenvalue weighted by Gasteiger charge is -1.64. The van der Waals surface area contributed by atoms with Gasteiger partial charge in [0.25, 0.3) is 0 Å². The third-order valence-electron chi connectivity index (χ3n) is 0.118. The Balaban J connectivity index is 0. The topological polar surface area (TPSA) is 53.0 Å². The largest absolute Gasteiger partial charge is 0.362 e. The van der Waals surface area contributed by atoms with Crippen LogP contribution in [0.2, 0.25) is 0 Å². The molecule has 0 aliphatic carbocycles. The minimum absolute atomic E-state index is 0.625. The summed E-state index contributed by atoms with van der Waals surface area (Å²) in [6, 6.07) is 0. The molecule has 3 heteroatoms. The Labute approximate surface area is 36.9 Å². The predicted octanol–water partition coefficient (Wildman–Crippen LogP) is -0.372.